The van der Waals surface area contributed by atoms with Crippen molar-refractivity contribution in [3.63, 3.8) is 0 Å². The highest BCUT2D eigenvalue weighted by Gasteiger charge is 2.20. The fourth-order valence-corrected chi connectivity index (χ4v) is 1.49. The van der Waals surface area contributed by atoms with Gasteiger partial charge in [-0.05, 0) is 19.3 Å². The summed E-state index contributed by atoms with van der Waals surface area (Å²) < 4.78 is 23.8. The maximum Gasteiger partial charge on any atom is 0.317 e. The van der Waals surface area contributed by atoms with Crippen LogP contribution in [0, 0.1) is 0 Å². The van der Waals surface area contributed by atoms with Crippen LogP contribution in [-0.2, 0) is 0 Å². The average molecular weight is 222 g/mol. The maximum absolute atomic E-state index is 11.9. The van der Waals surface area contributed by atoms with Crippen molar-refractivity contribution in [1.29, 1.82) is 0 Å². The van der Waals surface area contributed by atoms with Crippen molar-refractivity contribution in [2.24, 2.45) is 0 Å². The number of aliphatic hydroxyl groups is 1. The zero-order chi connectivity index (χ0) is 11.3. The number of carbonyl (C=O) groups excluding carboxylic acids is 1. The molecule has 0 aromatic rings. The molecule has 0 bridgehead atoms. The van der Waals surface area contributed by atoms with Crippen molar-refractivity contribution in [3.05, 3.63) is 0 Å². The zero-order valence-corrected chi connectivity index (χ0v) is 8.46. The largest absolute Gasteiger partial charge is 0.385 e. The predicted molar refractivity (Wildman–Crippen MR) is 50.8 cm³/mol. The van der Waals surface area contributed by atoms with Crippen LogP contribution in [0.2, 0.25) is 0 Å². The van der Waals surface area contributed by atoms with Gasteiger partial charge in [0, 0.05) is 13.1 Å². The van der Waals surface area contributed by atoms with Crippen LogP contribution in [0.25, 0.3) is 0 Å². The number of aliphatic hydroxyl groups excluding tert-OH is 1. The number of alkyl halides is 2. The molecule has 0 spiro atoms. The van der Waals surface area contributed by atoms with Gasteiger partial charge in [-0.25, -0.2) is 13.6 Å². The summed E-state index contributed by atoms with van der Waals surface area (Å²) in [7, 11) is 0. The fraction of sp³-hybridized carbons (Fsp3) is 0.889. The van der Waals surface area contributed by atoms with Gasteiger partial charge in [0.25, 0.3) is 6.43 Å². The van der Waals surface area contributed by atoms with E-state index in [0.29, 0.717) is 13.1 Å². The maximum atomic E-state index is 11.9. The van der Waals surface area contributed by atoms with E-state index in [0.717, 1.165) is 19.3 Å². The molecule has 1 aliphatic heterocycles. The first kappa shape index (κ1) is 12.2. The second-order valence-corrected chi connectivity index (χ2v) is 3.64. The van der Waals surface area contributed by atoms with Gasteiger partial charge in [-0.15, -0.1) is 0 Å². The summed E-state index contributed by atoms with van der Waals surface area (Å²) >= 11 is 0. The van der Waals surface area contributed by atoms with Gasteiger partial charge >= 0.3 is 6.03 Å². The normalized spacial score (nSPS) is 19.1. The number of nitrogens with one attached hydrogen (secondary N) is 1. The Morgan fingerprint density at radius 3 is 2.47 bits per heavy atom. The molecule has 1 heterocycles. The lowest BCUT2D eigenvalue weighted by Gasteiger charge is -2.27. The number of halogens is 2. The lowest BCUT2D eigenvalue weighted by Crippen LogP contribution is -2.46. The van der Waals surface area contributed by atoms with E-state index in [1.807, 2.05) is 0 Å². The Labute approximate surface area is 87.2 Å². The van der Waals surface area contributed by atoms with Crippen molar-refractivity contribution >= 4 is 6.03 Å². The summed E-state index contributed by atoms with van der Waals surface area (Å²) in [4.78, 5) is 13.0. The van der Waals surface area contributed by atoms with E-state index in [2.05, 4.69) is 5.32 Å². The minimum atomic E-state index is -2.81. The van der Waals surface area contributed by atoms with E-state index >= 15 is 0 Å². The molecule has 1 saturated heterocycles. The Balaban J connectivity index is 2.22. The number of rotatable bonds is 3. The van der Waals surface area contributed by atoms with Gasteiger partial charge in [-0.3, -0.25) is 0 Å². The van der Waals surface area contributed by atoms with Gasteiger partial charge in [-0.1, -0.05) is 0 Å². The van der Waals surface area contributed by atoms with Gasteiger partial charge in [-0.2, -0.15) is 0 Å². The lowest BCUT2D eigenvalue weighted by molar-refractivity contribution is -0.00238. The first-order valence-electron chi connectivity index (χ1n) is 5.10. The third-order valence-electron chi connectivity index (χ3n) is 2.40. The first-order chi connectivity index (χ1) is 7.11. The van der Waals surface area contributed by atoms with Gasteiger partial charge in [0.05, 0.1) is 6.54 Å². The third-order valence-corrected chi connectivity index (χ3v) is 2.40. The van der Waals surface area contributed by atoms with Crippen LogP contribution < -0.4 is 5.32 Å². The van der Waals surface area contributed by atoms with Crippen molar-refractivity contribution in [2.45, 2.75) is 31.8 Å². The van der Waals surface area contributed by atoms with Crippen LogP contribution in [0.1, 0.15) is 19.3 Å². The molecule has 0 saturated carbocycles. The van der Waals surface area contributed by atoms with Crippen molar-refractivity contribution in [3.8, 4) is 0 Å². The van der Waals surface area contributed by atoms with Crippen LogP contribution in [0.5, 0.6) is 0 Å². The molecule has 1 rings (SSSR count). The van der Waals surface area contributed by atoms with Gasteiger partial charge < -0.3 is 15.3 Å². The van der Waals surface area contributed by atoms with E-state index in [4.69, 9.17) is 5.11 Å². The molecule has 1 fully saturated rings. The third kappa shape index (κ3) is 3.99. The molecule has 0 aromatic carbocycles. The number of nitrogens with zero attached hydrogens (tertiary/aromatic N) is 1. The zero-order valence-electron chi connectivity index (χ0n) is 8.46. The summed E-state index contributed by atoms with van der Waals surface area (Å²) in [6.45, 7) is 0.931. The number of amides is 2. The fourth-order valence-electron chi connectivity index (χ4n) is 1.49. The lowest BCUT2D eigenvalue weighted by atomic mass is 10.1. The summed E-state index contributed by atoms with van der Waals surface area (Å²) in [5.41, 5.74) is 0. The molecule has 6 heteroatoms. The van der Waals surface area contributed by atoms with E-state index < -0.39 is 19.1 Å². The highest BCUT2D eigenvalue weighted by atomic mass is 19.3. The molecule has 0 radical (unpaired) electrons. The summed E-state index contributed by atoms with van der Waals surface area (Å²) in [6.07, 6.45) is -1.59. The smallest absolute Gasteiger partial charge is 0.317 e. The van der Waals surface area contributed by atoms with Gasteiger partial charge in [0.2, 0.25) is 0 Å². The first-order valence-corrected chi connectivity index (χ1v) is 5.10. The van der Waals surface area contributed by atoms with E-state index in [9.17, 15) is 13.6 Å². The summed E-state index contributed by atoms with van der Waals surface area (Å²) in [5.74, 6) is 0. The second kappa shape index (κ2) is 5.85. The Morgan fingerprint density at radius 2 is 1.93 bits per heavy atom. The van der Waals surface area contributed by atoms with Gasteiger partial charge in [0.1, 0.15) is 6.10 Å². The number of hydrogen-bond donors (Lipinski definition) is 2. The van der Waals surface area contributed by atoms with Gasteiger partial charge in [0.15, 0.2) is 0 Å². The Bertz CT molecular complexity index is 208. The van der Waals surface area contributed by atoms with Crippen LogP contribution in [0.4, 0.5) is 13.6 Å². The molecule has 1 unspecified atom stereocenters. The Kier molecular flexibility index (Phi) is 4.74. The molecule has 4 nitrogen and oxygen atoms in total. The molecule has 15 heavy (non-hydrogen) atoms. The highest BCUT2D eigenvalue weighted by Crippen LogP contribution is 2.08. The van der Waals surface area contributed by atoms with E-state index in [-0.39, 0.29) is 6.03 Å². The molecule has 0 aromatic heterocycles. The van der Waals surface area contributed by atoms with Crippen LogP contribution in [0.3, 0.4) is 0 Å². The van der Waals surface area contributed by atoms with Crippen molar-refractivity contribution in [2.75, 3.05) is 19.6 Å². The predicted octanol–water partition coefficient (Wildman–Crippen LogP) is 0.808. The molecule has 2 amide bonds. The number of likely N-dealkylation sites (tertiary alicyclic amines) is 1. The SMILES string of the molecule is O=C(NCC(O)C(F)F)N1CCCCC1. The molecular weight excluding hydrogens is 206 g/mol. The Morgan fingerprint density at radius 1 is 1.33 bits per heavy atom. The standard InChI is InChI=1S/C9H16F2N2O2/c10-8(11)7(14)6-12-9(15)13-4-2-1-3-5-13/h7-8,14H,1-6H2,(H,12,15). The number of carbonyl (C=O) groups is 1. The molecular formula is C9H16F2N2O2. The second-order valence-electron chi connectivity index (χ2n) is 3.64. The van der Waals surface area contributed by atoms with Crippen LogP contribution in [-0.4, -0.2) is 48.2 Å². The minimum Gasteiger partial charge on any atom is -0.385 e. The van der Waals surface area contributed by atoms with E-state index in [1.165, 1.54) is 0 Å². The molecule has 2 N–H and O–H groups in total. The highest BCUT2D eigenvalue weighted by molar-refractivity contribution is 5.74. The van der Waals surface area contributed by atoms with Crippen molar-refractivity contribution in [1.82, 2.24) is 10.2 Å². The molecule has 0 aliphatic carbocycles. The summed E-state index contributed by atoms with van der Waals surface area (Å²) in [5, 5.41) is 11.1. The average Bonchev–Trinajstić information content (AvgIpc) is 2.26. The quantitative estimate of drug-likeness (QED) is 0.742. The monoisotopic (exact) mass is 222 g/mol. The summed E-state index contributed by atoms with van der Waals surface area (Å²) in [6, 6.07) is -0.366. The number of urea groups is 1. The molecule has 1 aliphatic rings. The molecule has 88 valence electrons. The van der Waals surface area contributed by atoms with Crippen molar-refractivity contribution < 1.29 is 18.7 Å². The van der Waals surface area contributed by atoms with E-state index in [1.54, 1.807) is 4.90 Å². The topological polar surface area (TPSA) is 52.6 Å². The van der Waals surface area contributed by atoms with Crippen LogP contribution >= 0.6 is 0 Å². The number of piperidine rings is 1. The Hall–Kier alpha value is -0.910. The minimum absolute atomic E-state index is 0.366. The molecule has 1 atom stereocenters. The van der Waals surface area contributed by atoms with Crippen LogP contribution in [0.15, 0.2) is 0 Å². The number of hydrogen-bond acceptors (Lipinski definition) is 2.